The first kappa shape index (κ1) is 68.1. The summed E-state index contributed by atoms with van der Waals surface area (Å²) in [5.74, 6) is -4.03. The van der Waals surface area contributed by atoms with E-state index >= 15 is 0 Å². The molecule has 0 fully saturated rings. The molecule has 31 nitrogen and oxygen atoms in total. The largest absolute Gasteiger partial charge is 0.510 e. The number of thiazole rings is 2. The van der Waals surface area contributed by atoms with Crippen LogP contribution in [0.5, 0.6) is 11.5 Å². The van der Waals surface area contributed by atoms with Gasteiger partial charge in [0.25, 0.3) is 0 Å². The van der Waals surface area contributed by atoms with Crippen LogP contribution in [0.15, 0.2) is 225 Å². The zero-order valence-electron chi connectivity index (χ0n) is 53.8. The number of carbonyl (C=O) groups is 6. The molecule has 12 heterocycles. The van der Waals surface area contributed by atoms with Gasteiger partial charge in [-0.3, -0.25) is 53.9 Å². The molecular formula is C71H49N15O16S4. The van der Waals surface area contributed by atoms with Crippen molar-refractivity contribution >= 4 is 134 Å². The van der Waals surface area contributed by atoms with Crippen LogP contribution in [-0.4, -0.2) is 152 Å². The molecule has 528 valence electrons. The summed E-state index contributed by atoms with van der Waals surface area (Å²) in [6.07, 6.45) is 24.4. The monoisotopic (exact) mass is 1500 g/mol. The molecule has 11 aromatic heterocycles. The first-order chi connectivity index (χ1) is 51.5. The number of nitrogens with one attached hydrogen (secondary N) is 5. The van der Waals surface area contributed by atoms with Gasteiger partial charge in [-0.1, -0.05) is 24.3 Å². The van der Waals surface area contributed by atoms with Crippen LogP contribution in [0, 0.1) is 0 Å². The third-order valence-corrected chi connectivity index (χ3v) is 21.7. The lowest BCUT2D eigenvalue weighted by molar-refractivity contribution is -0.119. The molecule has 0 bridgehead atoms. The van der Waals surface area contributed by atoms with Crippen molar-refractivity contribution in [3.63, 3.8) is 0 Å². The number of imidazole rings is 3. The molecule has 106 heavy (non-hydrogen) atoms. The Hall–Kier alpha value is -13.6. The number of H-pyrrole nitrogens is 5. The number of fused-ring (bicyclic) bond motifs is 2. The Morgan fingerprint density at radius 3 is 1.51 bits per heavy atom. The van der Waals surface area contributed by atoms with E-state index in [2.05, 4.69) is 75.2 Å². The number of hydrogen-bond donors (Lipinski definition) is 13. The lowest BCUT2D eigenvalue weighted by Gasteiger charge is -2.27. The maximum Gasteiger partial charge on any atom is 0.188 e. The van der Waals surface area contributed by atoms with Gasteiger partial charge in [0, 0.05) is 81.1 Å². The summed E-state index contributed by atoms with van der Waals surface area (Å²) >= 11 is 5.30. The van der Waals surface area contributed by atoms with Crippen molar-refractivity contribution < 1.29 is 78.5 Å². The van der Waals surface area contributed by atoms with E-state index in [4.69, 9.17) is 8.83 Å². The third kappa shape index (κ3) is 11.9. The smallest absolute Gasteiger partial charge is 0.188 e. The van der Waals surface area contributed by atoms with Gasteiger partial charge < -0.3 is 64.6 Å². The number of allylic oxidation sites excluding steroid dienone is 13. The van der Waals surface area contributed by atoms with Crippen LogP contribution < -0.4 is 0 Å². The first-order valence-electron chi connectivity index (χ1n) is 31.5. The zero-order chi connectivity index (χ0) is 73.6. The van der Waals surface area contributed by atoms with Crippen LogP contribution in [-0.2, 0) is 28.8 Å². The van der Waals surface area contributed by atoms with E-state index in [1.54, 1.807) is 72.5 Å². The molecule has 35 heteroatoms. The molecule has 7 aliphatic rings. The number of rotatable bonds is 12. The van der Waals surface area contributed by atoms with Crippen LogP contribution >= 0.6 is 45.3 Å². The second-order valence-corrected chi connectivity index (χ2v) is 27.6. The summed E-state index contributed by atoms with van der Waals surface area (Å²) in [7, 11) is 0. The molecule has 6 atom stereocenters. The van der Waals surface area contributed by atoms with Gasteiger partial charge in [0.2, 0.25) is 0 Å². The number of aliphatic hydroxyl groups is 6. The van der Waals surface area contributed by atoms with E-state index in [-0.39, 0.29) is 97.7 Å². The normalized spacial score (nSPS) is 19.9. The number of carbonyl (C=O) groups excluding carboxylic acids is 6. The van der Waals surface area contributed by atoms with Crippen molar-refractivity contribution in [1.29, 1.82) is 0 Å². The van der Waals surface area contributed by atoms with Gasteiger partial charge in [-0.15, -0.1) is 45.3 Å². The molecule has 0 amide bonds. The molecule has 13 N–H and O–H groups in total. The zero-order valence-corrected chi connectivity index (χ0v) is 57.1. The highest BCUT2D eigenvalue weighted by atomic mass is 32.1. The number of benzene rings is 2. The summed E-state index contributed by atoms with van der Waals surface area (Å²) in [6.45, 7) is 0. The van der Waals surface area contributed by atoms with E-state index < -0.39 is 35.5 Å². The summed E-state index contributed by atoms with van der Waals surface area (Å²) in [5, 5.41) is 94.9. The highest BCUT2D eigenvalue weighted by Crippen LogP contribution is 2.55. The number of hydrogen-bond acceptors (Lipinski definition) is 30. The van der Waals surface area contributed by atoms with Crippen molar-refractivity contribution in [1.82, 2.24) is 70.2 Å². The SMILES string of the molecule is O=C1C(C2=CN=CC2)=C(O)C1c1cnc[nH]1.O=C1C(c2ccn[nH]2)=C(O)C1c1ccn[nH]1.O=C1C(c2cnc[nH]2)=C(O)C1c1cnc[nH]1.O=C1C(c2cnco2)=C(O)C1c1cnco1.O=C1C(c2cncs2)=C(O)C1c1cncs1.O=C1C(c2sc3ccccc3c2O)=C(O)C1c1sc2ccccc2c1O. The van der Waals surface area contributed by atoms with E-state index in [0.717, 1.165) is 24.7 Å². The molecule has 0 saturated carbocycles. The average Bonchev–Trinajstić information content (AvgIpc) is 1.65. The summed E-state index contributed by atoms with van der Waals surface area (Å²) in [5.41, 5.74) is 8.72. The fraction of sp³-hybridized carbons (Fsp3) is 0.0986. The highest BCUT2D eigenvalue weighted by Gasteiger charge is 2.49. The second kappa shape index (κ2) is 28.3. The predicted octanol–water partition coefficient (Wildman–Crippen LogP) is 11.5. The first-order valence-corrected chi connectivity index (χ1v) is 34.9. The fourth-order valence-electron chi connectivity index (χ4n) is 12.4. The summed E-state index contributed by atoms with van der Waals surface area (Å²) in [4.78, 5) is 113. The second-order valence-electron chi connectivity index (χ2n) is 23.6. The lowest BCUT2D eigenvalue weighted by Crippen LogP contribution is -2.30. The van der Waals surface area contributed by atoms with E-state index in [1.165, 1.54) is 108 Å². The number of thiophene rings is 2. The number of aromatic nitrogens is 14. The number of aliphatic imine (C=N–C) groups is 1. The maximum atomic E-state index is 12.8. The number of aliphatic hydroxyl groups excluding tert-OH is 6. The highest BCUT2D eigenvalue weighted by molar-refractivity contribution is 7.21. The average molecular weight is 1500 g/mol. The minimum absolute atomic E-state index is 0.0134. The number of aromatic amines is 5. The standard InChI is InChI=1S/C20H12O4S2.C11H9N3O2.2C10H8N4O2.C10H6N2O4.C10H6N2O2S2/c21-15-9-5-1-3-7-11(9)25-19(15)13-17(23)14(18(13)24)20-16(22)10-6-2-4-8-12(10)26-20;15-10-8(6-1-2-12-3-6)11(16)9(10)7-4-13-5-14-7;15-9-7(5-1-11-3-13-5)10(16)8(9)6-2-12-4-14-6;15-9-7(5-1-3-11-13-5)10(16)8(9)6-2-4-12-14-6;2*13-9-7(5-1-11-3-15-5)10(14)8(9)6-2-12-4-16-6/h1-8,13,21-23H;2-5,9,15H,1H2,(H,13,14);2*1-4,7,15H,(H,11,13)(H,12,14);2*1-4,7,13H. The Morgan fingerprint density at radius 1 is 0.434 bits per heavy atom. The molecule has 0 spiro atoms. The minimum atomic E-state index is -0.869. The van der Waals surface area contributed by atoms with Crippen LogP contribution in [0.4, 0.5) is 0 Å². The molecule has 6 unspecified atom stereocenters. The number of ketones is 6. The molecule has 2 aromatic carbocycles. The number of nitrogens with zero attached hydrogens (tertiary/aromatic N) is 10. The molecule has 20 rings (SSSR count). The molecule has 0 saturated heterocycles. The van der Waals surface area contributed by atoms with E-state index in [1.807, 2.05) is 36.4 Å². The van der Waals surface area contributed by atoms with Gasteiger partial charge in [-0.2, -0.15) is 10.2 Å². The van der Waals surface area contributed by atoms with Crippen molar-refractivity contribution in [2.75, 3.05) is 0 Å². The number of Topliss-reactive ketones (excluding diaryl/α,β-unsaturated/α-hetero) is 6. The van der Waals surface area contributed by atoms with E-state index in [9.17, 15) is 69.6 Å². The minimum Gasteiger partial charge on any atom is -0.510 e. The van der Waals surface area contributed by atoms with Gasteiger partial charge >= 0.3 is 0 Å². The molecule has 13 aromatic rings. The third-order valence-electron chi connectivity index (χ3n) is 17.7. The van der Waals surface area contributed by atoms with E-state index in [0.29, 0.717) is 83.5 Å². The number of oxazole rings is 2. The Balaban J connectivity index is 0.000000103. The topological polar surface area (TPSA) is 498 Å². The van der Waals surface area contributed by atoms with Gasteiger partial charge in [0.1, 0.15) is 92.9 Å². The van der Waals surface area contributed by atoms with Gasteiger partial charge in [-0.25, -0.2) is 24.9 Å². The van der Waals surface area contributed by atoms with Gasteiger partial charge in [0.05, 0.1) is 120 Å². The van der Waals surface area contributed by atoms with Crippen LogP contribution in [0.1, 0.15) is 101 Å². The molecule has 0 radical (unpaired) electrons. The van der Waals surface area contributed by atoms with Gasteiger partial charge in [-0.05, 0) is 42.0 Å². The van der Waals surface area contributed by atoms with Crippen LogP contribution in [0.3, 0.4) is 0 Å². The Kier molecular flexibility index (Phi) is 18.2. The fourth-order valence-corrected chi connectivity index (χ4v) is 16.2. The quantitative estimate of drug-likeness (QED) is 0.0540. The van der Waals surface area contributed by atoms with Gasteiger partial charge in [0.15, 0.2) is 53.2 Å². The number of aromatic hydroxyl groups is 2. The Morgan fingerprint density at radius 2 is 0.991 bits per heavy atom. The van der Waals surface area contributed by atoms with Crippen molar-refractivity contribution in [3.8, 4) is 11.5 Å². The summed E-state index contributed by atoms with van der Waals surface area (Å²) in [6, 6.07) is 18.0. The Labute approximate surface area is 608 Å². The maximum absolute atomic E-state index is 12.8. The molecule has 6 aliphatic carbocycles. The molecule has 1 aliphatic heterocycles. The molecular weight excluding hydrogens is 1450 g/mol. The Bertz CT molecular complexity index is 5410. The van der Waals surface area contributed by atoms with Crippen molar-refractivity contribution in [2.24, 2.45) is 4.99 Å². The van der Waals surface area contributed by atoms with Crippen LogP contribution in [0.25, 0.3) is 48.0 Å². The van der Waals surface area contributed by atoms with Crippen molar-refractivity contribution in [3.05, 3.63) is 271 Å². The lowest BCUT2D eigenvalue weighted by atomic mass is 9.76. The van der Waals surface area contributed by atoms with Crippen LogP contribution in [0.2, 0.25) is 0 Å². The van der Waals surface area contributed by atoms with Crippen molar-refractivity contribution in [2.45, 2.75) is 41.9 Å². The predicted molar refractivity (Wildman–Crippen MR) is 382 cm³/mol. The summed E-state index contributed by atoms with van der Waals surface area (Å²) < 4.78 is 11.6.